The number of hydrogen-bond donors (Lipinski definition) is 0. The monoisotopic (exact) mass is 408 g/mol. The number of aliphatic carboxylic acids is 2. The Kier molecular flexibility index (Phi) is 13.7. The van der Waals surface area contributed by atoms with E-state index in [1.165, 1.54) is 0 Å². The smallest absolute Gasteiger partial charge is 0.0414 e. The normalized spacial score (nSPS) is 9.33. The van der Waals surface area contributed by atoms with Crippen LogP contribution in [0.2, 0.25) is 0 Å². The summed E-state index contributed by atoms with van der Waals surface area (Å²) in [5.74, 6) is -2.00. The van der Waals surface area contributed by atoms with Gasteiger partial charge in [-0.2, -0.15) is 0 Å². The number of carboxylic acids is 2. The Morgan fingerprint density at radius 1 is 0.667 bits per heavy atom. The van der Waals surface area contributed by atoms with E-state index in [0.717, 1.165) is 25.7 Å². The van der Waals surface area contributed by atoms with Gasteiger partial charge in [-0.25, -0.2) is 0 Å². The third-order valence-corrected chi connectivity index (χ3v) is 2.01. The number of hydrogen-bond acceptors (Lipinski definition) is 4. The summed E-state index contributed by atoms with van der Waals surface area (Å²) in [6, 6.07) is 0. The molecule has 0 spiro atoms. The molecule has 0 saturated heterocycles. The number of carbonyl (C=O) groups excluding carboxylic acids is 2. The predicted molar refractivity (Wildman–Crippen MR) is 52.7 cm³/mol. The van der Waals surface area contributed by atoms with Crippen molar-refractivity contribution in [2.45, 2.75) is 51.4 Å². The minimum Gasteiger partial charge on any atom is -0.550 e. The summed E-state index contributed by atoms with van der Waals surface area (Å²) in [6.45, 7) is 0. The molecule has 0 bridgehead atoms. The summed E-state index contributed by atoms with van der Waals surface area (Å²) in [5, 5.41) is 20.1. The number of rotatable bonds is 9. The van der Waals surface area contributed by atoms with Gasteiger partial charge in [-0.05, 0) is 25.7 Å². The van der Waals surface area contributed by atoms with Crippen molar-refractivity contribution in [2.75, 3.05) is 0 Å². The van der Waals surface area contributed by atoms with Gasteiger partial charge in [0.05, 0.1) is 0 Å². The summed E-state index contributed by atoms with van der Waals surface area (Å²) in [4.78, 5) is 20.1. The molecule has 0 aliphatic rings. The Balaban J connectivity index is 0. The molecule has 0 atom stereocenters. The van der Waals surface area contributed by atoms with Crippen LogP contribution in [-0.2, 0) is 9.59 Å². The average molecular weight is 407 g/mol. The van der Waals surface area contributed by atoms with Gasteiger partial charge in [0, 0.05) is 39.2 Å². The molecule has 0 N–H and O–H groups in total. The van der Waals surface area contributed by atoms with E-state index < -0.39 is 11.9 Å². The van der Waals surface area contributed by atoms with Crippen molar-refractivity contribution in [1.82, 2.24) is 0 Å². The van der Waals surface area contributed by atoms with E-state index in [1.807, 2.05) is 0 Å². The van der Waals surface area contributed by atoms with Gasteiger partial charge in [0.15, 0.2) is 0 Å². The minimum atomic E-state index is -0.998. The molecule has 4 radical (unpaired) electrons. The van der Waals surface area contributed by atoms with Gasteiger partial charge >= 0.3 is 0 Å². The molecule has 5 heteroatoms. The largest absolute Gasteiger partial charge is 0.550 e. The van der Waals surface area contributed by atoms with Crippen molar-refractivity contribution >= 4 is 39.2 Å². The van der Waals surface area contributed by atoms with Gasteiger partial charge < -0.3 is 19.8 Å². The van der Waals surface area contributed by atoms with Gasteiger partial charge in [0.25, 0.3) is 0 Å². The van der Waals surface area contributed by atoms with Crippen molar-refractivity contribution < 1.29 is 19.8 Å². The quantitative estimate of drug-likeness (QED) is 0.371. The number of carboxylic acid groups (broad SMARTS) is 2. The second-order valence-corrected chi connectivity index (χ2v) is 3.37. The van der Waals surface area contributed by atoms with Gasteiger partial charge in [0.1, 0.15) is 0 Å². The van der Waals surface area contributed by atoms with E-state index in [9.17, 15) is 19.8 Å². The molecule has 0 fully saturated rings. The second-order valence-electron chi connectivity index (χ2n) is 3.37. The van der Waals surface area contributed by atoms with Crippen molar-refractivity contribution in [2.24, 2.45) is 0 Å². The molecule has 0 aliphatic heterocycles. The van der Waals surface area contributed by atoms with E-state index in [1.54, 1.807) is 0 Å². The van der Waals surface area contributed by atoms with Crippen molar-refractivity contribution in [3.63, 3.8) is 0 Å². The van der Waals surface area contributed by atoms with E-state index in [2.05, 4.69) is 0 Å². The van der Waals surface area contributed by atoms with Crippen LogP contribution in [0.3, 0.4) is 0 Å². The summed E-state index contributed by atoms with van der Waals surface area (Å²) >= 11 is 0. The van der Waals surface area contributed by atoms with Gasteiger partial charge in [-0.1, -0.05) is 25.7 Å². The Hall–Kier alpha value is -0.138. The Morgan fingerprint density at radius 2 is 0.933 bits per heavy atom. The fraction of sp³-hybridized carbons (Fsp3) is 0.800. The summed E-state index contributed by atoms with van der Waals surface area (Å²) in [7, 11) is 0. The SMILES string of the molecule is O=C([O-])CCCCCCCCC(=O)[O-].[Pb]. The molecule has 0 aromatic heterocycles. The Bertz CT molecular complexity index is 162. The third-order valence-electron chi connectivity index (χ3n) is 2.01. The first-order valence-electron chi connectivity index (χ1n) is 5.02. The molecule has 4 nitrogen and oxygen atoms in total. The van der Waals surface area contributed by atoms with E-state index >= 15 is 0 Å². The van der Waals surface area contributed by atoms with Crippen LogP contribution in [0.1, 0.15) is 51.4 Å². The summed E-state index contributed by atoms with van der Waals surface area (Å²) < 4.78 is 0. The average Bonchev–Trinajstić information content (AvgIpc) is 2.08. The first-order chi connectivity index (χ1) is 6.63. The van der Waals surface area contributed by atoms with E-state index in [-0.39, 0.29) is 40.1 Å². The zero-order chi connectivity index (χ0) is 10.8. The number of carbonyl (C=O) groups is 2. The molecular weight excluding hydrogens is 391 g/mol. The maximum absolute atomic E-state index is 10.0. The molecule has 0 aromatic carbocycles. The maximum Gasteiger partial charge on any atom is 0.0414 e. The first-order valence-corrected chi connectivity index (χ1v) is 5.02. The fourth-order valence-corrected chi connectivity index (χ4v) is 1.25. The molecule has 0 unspecified atom stereocenters. The minimum absolute atomic E-state index is 0. The van der Waals surface area contributed by atoms with Crippen LogP contribution >= 0.6 is 0 Å². The molecule has 0 heterocycles. The summed E-state index contributed by atoms with van der Waals surface area (Å²) in [5.41, 5.74) is 0. The van der Waals surface area contributed by atoms with Crippen LogP contribution in [0, 0.1) is 0 Å². The van der Waals surface area contributed by atoms with Crippen molar-refractivity contribution in [1.29, 1.82) is 0 Å². The molecule has 0 aromatic rings. The van der Waals surface area contributed by atoms with Crippen molar-refractivity contribution in [3.05, 3.63) is 0 Å². The molecule has 86 valence electrons. The van der Waals surface area contributed by atoms with Gasteiger partial charge in [0.2, 0.25) is 0 Å². The molecule has 0 saturated carbocycles. The molecule has 0 aliphatic carbocycles. The third kappa shape index (κ3) is 16.5. The van der Waals surface area contributed by atoms with Gasteiger partial charge in [-0.3, -0.25) is 0 Å². The van der Waals surface area contributed by atoms with Crippen LogP contribution in [0.4, 0.5) is 0 Å². The maximum atomic E-state index is 10.0. The molecular formula is C10H16O4Pb-2. The zero-order valence-corrected chi connectivity index (χ0v) is 12.7. The van der Waals surface area contributed by atoms with Crippen LogP contribution in [0.15, 0.2) is 0 Å². The van der Waals surface area contributed by atoms with Crippen LogP contribution < -0.4 is 10.2 Å². The van der Waals surface area contributed by atoms with Crippen LogP contribution in [-0.4, -0.2) is 39.2 Å². The topological polar surface area (TPSA) is 80.3 Å². The Labute approximate surface area is 110 Å². The standard InChI is InChI=1S/C10H18O4.Pb/c11-9(12)7-5-3-1-2-4-6-8-10(13)14;/h1-8H2,(H,11,12)(H,13,14);/p-2. The summed E-state index contributed by atoms with van der Waals surface area (Å²) in [6.07, 6.45) is 5.23. The van der Waals surface area contributed by atoms with Crippen LogP contribution in [0.5, 0.6) is 0 Å². The van der Waals surface area contributed by atoms with Crippen LogP contribution in [0.25, 0.3) is 0 Å². The zero-order valence-electron chi connectivity index (χ0n) is 8.79. The van der Waals surface area contributed by atoms with E-state index in [0.29, 0.717) is 12.8 Å². The predicted octanol–water partition coefficient (Wildman–Crippen LogP) is -0.774. The Morgan fingerprint density at radius 3 is 1.20 bits per heavy atom. The first kappa shape index (κ1) is 17.3. The van der Waals surface area contributed by atoms with Gasteiger partial charge in [-0.15, -0.1) is 0 Å². The van der Waals surface area contributed by atoms with E-state index in [4.69, 9.17) is 0 Å². The molecule has 0 amide bonds. The fourth-order valence-electron chi connectivity index (χ4n) is 1.25. The number of unbranched alkanes of at least 4 members (excludes halogenated alkanes) is 5. The molecule has 0 rings (SSSR count). The van der Waals surface area contributed by atoms with Crippen molar-refractivity contribution in [3.8, 4) is 0 Å². The molecule has 15 heavy (non-hydrogen) atoms. The second kappa shape index (κ2) is 11.9.